The third-order valence-electron chi connectivity index (χ3n) is 13.7. The monoisotopic (exact) mass is 1380 g/mol. The minimum Gasteiger partial charge on any atom is -0.790 e. The van der Waals surface area contributed by atoms with Gasteiger partial charge in [-0.05, 0) is 100 Å². The minimum atomic E-state index is -6.25. The number of aromatic nitrogens is 2. The molecule has 1 fully saturated rings. The Labute approximate surface area is 542 Å². The fourth-order valence-corrected chi connectivity index (χ4v) is 12.4. The number of aryl methyl sites for hydroxylation is 2. The van der Waals surface area contributed by atoms with Gasteiger partial charge in [0.25, 0.3) is 27.1 Å². The molecule has 1 aromatic heterocycles. The van der Waals surface area contributed by atoms with Crippen molar-refractivity contribution in [3.8, 4) is 45.8 Å². The number of fused-ring (bicyclic) bond motifs is 2. The molecule has 3 amide bonds. The van der Waals surface area contributed by atoms with Crippen molar-refractivity contribution in [2.45, 2.75) is 71.6 Å². The van der Waals surface area contributed by atoms with E-state index in [1.165, 1.54) is 12.1 Å². The average Bonchev–Trinajstić information content (AvgIpc) is 1.25. The van der Waals surface area contributed by atoms with Gasteiger partial charge in [-0.1, -0.05) is 17.9 Å². The number of H-pyrrole nitrogens is 1. The third kappa shape index (κ3) is 21.9. The standard InChI is InChI=1S/C59H72N9O24P3/c1-6-62-45-27-47-43(23-35(45)3)55(44-24-36(4)46(63-7-2)28-48(44)89-47)42-26-40(15-16-41(42)58(73)74)84-20-10-14-51(69)65-18-19-66-56(71)37-11-8-13-39(25-37)86-33-53(61-5)85-22-21-83-32-52(70)64-17-9-12-38-30-68(59(75)67-57(38)72)54-29-49(87-34-60)50(90-54)31-88-94(79,80)92-95(81,82)91-93(76,77)78/h8,11,13,15-16,23-28,30,49-50,53-54,62H,5-7,10,14,17-22,29,31-34,60H2,1-4H3,(H,64,70)(H,65,69)(H,66,71)(H,73,74)(H,79,80)(H,81,82)(H,67,72,75)(H2,76,77,78)/p-4. The molecule has 8 N–H and O–H groups in total. The molecule has 4 aromatic rings. The average molecular weight is 1380 g/mol. The van der Waals surface area contributed by atoms with Gasteiger partial charge in [0.1, 0.15) is 54.0 Å². The molecular formula is C59H68N9O24P3-4. The largest absolute Gasteiger partial charge is 0.790 e. The number of carboxylic acid groups (broad SMARTS) is 1. The highest BCUT2D eigenvalue weighted by atomic mass is 31.3. The highest BCUT2D eigenvalue weighted by Crippen LogP contribution is 2.60. The molecule has 1 saturated heterocycles. The van der Waals surface area contributed by atoms with Gasteiger partial charge in [-0.2, -0.15) is 0 Å². The van der Waals surface area contributed by atoms with Crippen LogP contribution < -0.4 is 72.7 Å². The van der Waals surface area contributed by atoms with E-state index in [-0.39, 0.29) is 81.5 Å². The summed E-state index contributed by atoms with van der Waals surface area (Å²) in [6, 6.07) is 18.8. The number of nitrogens with zero attached hydrogens (tertiary/aromatic N) is 3. The van der Waals surface area contributed by atoms with Crippen LogP contribution in [0, 0.1) is 25.7 Å². The Hall–Kier alpha value is -8.25. The zero-order valence-corrected chi connectivity index (χ0v) is 54.3. The van der Waals surface area contributed by atoms with Crippen molar-refractivity contribution in [1.82, 2.24) is 25.5 Å². The minimum absolute atomic E-state index is 0.0428. The summed E-state index contributed by atoms with van der Waals surface area (Å²) in [6.45, 7) is 10.6. The number of ether oxygens (including phenoxy) is 6. The van der Waals surface area contributed by atoms with Crippen LogP contribution >= 0.6 is 23.5 Å². The van der Waals surface area contributed by atoms with Gasteiger partial charge < -0.3 is 93.6 Å². The number of carbonyl (C=O) groups is 4. The predicted molar refractivity (Wildman–Crippen MR) is 332 cm³/mol. The maximum atomic E-state index is 13.0. The van der Waals surface area contributed by atoms with Gasteiger partial charge in [0.05, 0.1) is 64.6 Å². The highest BCUT2D eigenvalue weighted by Gasteiger charge is 2.39. The van der Waals surface area contributed by atoms with Crippen molar-refractivity contribution < 1.29 is 104 Å². The SMILES string of the molecule is C=NC(COc1cccc(C(=O)NCCNC(=O)CCCOc2ccc(C(=O)O)c(-c3c4cc(C)c(=NCC)cc-4oc4cc(NCC)c(C)cc34)c2)c1)OCCOCC(=O)NCC#Cc1cn(C2CC(OCN)C(COP(=O)([O-])OP(=O)([O-])OP(=O)([O-])[O-])O2)c(=O)[nH]c1=O. The number of rotatable bonds is 35. The summed E-state index contributed by atoms with van der Waals surface area (Å²) in [5.41, 5.74) is 8.70. The number of aromatic carboxylic acids is 1. The molecule has 0 radical (unpaired) electrons. The highest BCUT2D eigenvalue weighted by molar-refractivity contribution is 7.64. The van der Waals surface area contributed by atoms with E-state index in [1.807, 2.05) is 56.9 Å². The Bertz CT molecular complexity index is 4140. The van der Waals surface area contributed by atoms with Crippen LogP contribution in [0.3, 0.4) is 0 Å². The van der Waals surface area contributed by atoms with E-state index in [9.17, 15) is 67.1 Å². The molecule has 0 saturated carbocycles. The maximum absolute atomic E-state index is 13.0. The molecule has 3 aliphatic rings. The smallest absolute Gasteiger partial charge is 0.336 e. The molecule has 3 heterocycles. The van der Waals surface area contributed by atoms with Gasteiger partial charge in [0.15, 0.2) is 6.23 Å². The number of aromatic amines is 1. The van der Waals surface area contributed by atoms with Crippen molar-refractivity contribution in [3.63, 3.8) is 0 Å². The van der Waals surface area contributed by atoms with E-state index in [1.54, 1.807) is 30.3 Å². The molecule has 36 heteroatoms. The lowest BCUT2D eigenvalue weighted by Crippen LogP contribution is -2.34. The van der Waals surface area contributed by atoms with Gasteiger partial charge in [0.2, 0.25) is 11.8 Å². The number of carbonyl (C=O) groups excluding carboxylic acids is 3. The molecule has 95 heavy (non-hydrogen) atoms. The van der Waals surface area contributed by atoms with Crippen LogP contribution in [0.25, 0.3) is 33.4 Å². The number of hydrogen-bond donors (Lipinski definition) is 7. The summed E-state index contributed by atoms with van der Waals surface area (Å²) in [4.78, 5) is 132. The predicted octanol–water partition coefficient (Wildman–Crippen LogP) is 1.44. The second kappa shape index (κ2) is 34.4. The van der Waals surface area contributed by atoms with Crippen LogP contribution in [0.4, 0.5) is 5.69 Å². The van der Waals surface area contributed by atoms with Crippen molar-refractivity contribution in [2.24, 2.45) is 15.7 Å². The number of aliphatic imine (C=N–C) groups is 1. The summed E-state index contributed by atoms with van der Waals surface area (Å²) in [7, 11) is -18.4. The van der Waals surface area contributed by atoms with E-state index >= 15 is 0 Å². The van der Waals surface area contributed by atoms with Crippen molar-refractivity contribution in [1.29, 1.82) is 0 Å². The fourth-order valence-electron chi connectivity index (χ4n) is 9.54. The van der Waals surface area contributed by atoms with E-state index in [4.69, 9.17) is 38.6 Å². The van der Waals surface area contributed by atoms with Crippen LogP contribution in [0.1, 0.15) is 76.7 Å². The Morgan fingerprint density at radius 3 is 2.39 bits per heavy atom. The van der Waals surface area contributed by atoms with Crippen LogP contribution in [-0.2, 0) is 55.4 Å². The molecule has 6 atom stereocenters. The second-order valence-corrected chi connectivity index (χ2v) is 24.8. The number of amides is 3. The molecule has 0 bridgehead atoms. The Kier molecular flexibility index (Phi) is 26.9. The molecule has 6 unspecified atom stereocenters. The molecule has 33 nitrogen and oxygen atoms in total. The van der Waals surface area contributed by atoms with E-state index in [0.29, 0.717) is 59.0 Å². The van der Waals surface area contributed by atoms with Crippen LogP contribution in [-0.4, -0.2) is 143 Å². The van der Waals surface area contributed by atoms with Crippen LogP contribution in [0.5, 0.6) is 11.5 Å². The van der Waals surface area contributed by atoms with Crippen LogP contribution in [0.15, 0.2) is 96.9 Å². The van der Waals surface area contributed by atoms with Crippen LogP contribution in [0.2, 0.25) is 0 Å². The quantitative estimate of drug-likeness (QED) is 0.00739. The van der Waals surface area contributed by atoms with Gasteiger partial charge in [-0.3, -0.25) is 52.2 Å². The summed E-state index contributed by atoms with van der Waals surface area (Å²) >= 11 is 0. The summed E-state index contributed by atoms with van der Waals surface area (Å²) in [5, 5.41) is 23.3. The fraction of sp³-hybridized carbons (Fsp3) is 0.390. The van der Waals surface area contributed by atoms with Gasteiger partial charge in [-0.25, -0.2) is 13.9 Å². The molecular weight excluding hydrogens is 1310 g/mol. The number of phosphoric acid groups is 3. The molecule has 7 rings (SSSR count). The molecule has 3 aromatic carbocycles. The van der Waals surface area contributed by atoms with Crippen molar-refractivity contribution in [3.05, 3.63) is 127 Å². The number of nitrogens with two attached hydrogens (primary N) is 1. The number of carboxylic acids is 1. The number of benzene rings is 4. The first kappa shape index (κ1) is 74.1. The number of nitrogens with one attached hydrogen (secondary N) is 5. The Morgan fingerprint density at radius 2 is 1.66 bits per heavy atom. The van der Waals surface area contributed by atoms with Gasteiger partial charge in [0, 0.05) is 90.7 Å². The summed E-state index contributed by atoms with van der Waals surface area (Å²) in [6.07, 6.45) is -3.44. The molecule has 0 spiro atoms. The first-order valence-electron chi connectivity index (χ1n) is 29.2. The Balaban J connectivity index is 0.794. The van der Waals surface area contributed by atoms with Crippen molar-refractivity contribution in [2.75, 3.05) is 84.4 Å². The molecule has 512 valence electrons. The second-order valence-electron chi connectivity index (χ2n) is 20.6. The molecule has 2 aliphatic heterocycles. The molecule has 1 aliphatic carbocycles. The first-order valence-corrected chi connectivity index (χ1v) is 33.6. The van der Waals surface area contributed by atoms with E-state index in [0.717, 1.165) is 38.3 Å². The topological polar surface area (TPSA) is 482 Å². The lowest BCUT2D eigenvalue weighted by Gasteiger charge is -2.37. The maximum Gasteiger partial charge on any atom is 0.336 e. The Morgan fingerprint density at radius 1 is 0.895 bits per heavy atom. The number of anilines is 1. The zero-order valence-electron chi connectivity index (χ0n) is 51.6. The van der Waals surface area contributed by atoms with Crippen molar-refractivity contribution >= 4 is 70.5 Å². The summed E-state index contributed by atoms with van der Waals surface area (Å²) in [5.74, 6) is 3.88. The zero-order chi connectivity index (χ0) is 69.0. The van der Waals surface area contributed by atoms with Gasteiger partial charge >= 0.3 is 11.7 Å². The van der Waals surface area contributed by atoms with Gasteiger partial charge in [-0.15, -0.1) is 0 Å². The lowest BCUT2D eigenvalue weighted by molar-refractivity contribution is -0.339. The van der Waals surface area contributed by atoms with E-state index in [2.05, 4.69) is 63.0 Å². The lowest BCUT2D eigenvalue weighted by atomic mass is 9.89. The number of phosphoric ester groups is 1. The number of hydrogen-bond acceptors (Lipinski definition) is 27. The first-order chi connectivity index (χ1) is 45.2. The van der Waals surface area contributed by atoms with E-state index < -0.39 is 97.1 Å². The normalized spacial score (nSPS) is 16.4. The third-order valence-corrected chi connectivity index (χ3v) is 17.4. The summed E-state index contributed by atoms with van der Waals surface area (Å²) < 4.78 is 86.5.